The number of ether oxygens (including phenoxy) is 1. The summed E-state index contributed by atoms with van der Waals surface area (Å²) in [6.07, 6.45) is 1.77. The van der Waals surface area contributed by atoms with E-state index in [4.69, 9.17) is 16.3 Å². The average Bonchev–Trinajstić information content (AvgIpc) is 3.17. The number of carbonyl (C=O) groups excluding carboxylic acids is 1. The third-order valence-corrected chi connectivity index (χ3v) is 6.58. The van der Waals surface area contributed by atoms with E-state index in [0.717, 1.165) is 4.21 Å². The van der Waals surface area contributed by atoms with Crippen LogP contribution in [0.5, 0.6) is 5.75 Å². The molecular formula is C18H16ClNO4S2. The summed E-state index contributed by atoms with van der Waals surface area (Å²) in [5.41, 5.74) is 1.75. The monoisotopic (exact) mass is 409 g/mol. The summed E-state index contributed by atoms with van der Waals surface area (Å²) in [6, 6.07) is 7.02. The molecule has 136 valence electrons. The molecule has 0 bridgehead atoms. The van der Waals surface area contributed by atoms with Crippen LogP contribution in [0.1, 0.15) is 20.9 Å². The van der Waals surface area contributed by atoms with Crippen molar-refractivity contribution in [3.05, 3.63) is 45.4 Å². The topological polar surface area (TPSA) is 68.5 Å². The third-order valence-electron chi connectivity index (χ3n) is 4.13. The maximum absolute atomic E-state index is 13.1. The van der Waals surface area contributed by atoms with Crippen molar-refractivity contribution in [1.82, 2.24) is 4.57 Å². The van der Waals surface area contributed by atoms with Crippen LogP contribution >= 0.6 is 34.7 Å². The number of rotatable bonds is 5. The highest BCUT2D eigenvalue weighted by atomic mass is 35.5. The van der Waals surface area contributed by atoms with E-state index in [1.54, 1.807) is 36.9 Å². The molecule has 0 aliphatic carbocycles. The summed E-state index contributed by atoms with van der Waals surface area (Å²) in [7, 11) is 1.49. The zero-order valence-electron chi connectivity index (χ0n) is 14.3. The fraction of sp³-hybridized carbons (Fsp3) is 0.222. The van der Waals surface area contributed by atoms with Crippen LogP contribution in [0.15, 0.2) is 28.5 Å². The van der Waals surface area contributed by atoms with Crippen LogP contribution in [0, 0.1) is 6.92 Å². The van der Waals surface area contributed by atoms with E-state index in [0.29, 0.717) is 37.8 Å². The van der Waals surface area contributed by atoms with Gasteiger partial charge in [0.1, 0.15) is 5.75 Å². The Hall–Kier alpha value is -1.96. The Morgan fingerprint density at radius 1 is 1.35 bits per heavy atom. The van der Waals surface area contributed by atoms with Gasteiger partial charge in [-0.25, -0.2) is 0 Å². The van der Waals surface area contributed by atoms with Gasteiger partial charge >= 0.3 is 5.97 Å². The molecule has 2 aromatic heterocycles. The molecule has 3 rings (SSSR count). The molecule has 1 aromatic carbocycles. The molecule has 0 aliphatic heterocycles. The standard InChI is InChI=1S/C18H16ClNO4S2/c1-9-10(7-16(21)22)11-6-14(24-2)12(19)8-13(11)20(9)18(23)15-4-5-17(25-3)26-15/h4-6,8H,7H2,1-3H3,(H,21,22). The summed E-state index contributed by atoms with van der Waals surface area (Å²) < 4.78 is 7.82. The molecule has 0 saturated carbocycles. The molecule has 0 spiro atoms. The Morgan fingerprint density at radius 2 is 2.08 bits per heavy atom. The Balaban J connectivity index is 2.26. The van der Waals surface area contributed by atoms with E-state index in [-0.39, 0.29) is 12.3 Å². The van der Waals surface area contributed by atoms with Crippen LogP contribution in [0.25, 0.3) is 10.9 Å². The van der Waals surface area contributed by atoms with Crippen LogP contribution < -0.4 is 4.74 Å². The largest absolute Gasteiger partial charge is 0.495 e. The maximum atomic E-state index is 13.1. The van der Waals surface area contributed by atoms with Crippen molar-refractivity contribution in [2.24, 2.45) is 0 Å². The maximum Gasteiger partial charge on any atom is 0.307 e. The number of aromatic nitrogens is 1. The summed E-state index contributed by atoms with van der Waals surface area (Å²) >= 11 is 9.23. The Labute approximate surface area is 163 Å². The SMILES string of the molecule is COc1cc2c(CC(=O)O)c(C)n(C(=O)c3ccc(SC)s3)c2cc1Cl. The first kappa shape index (κ1) is 18.8. The third kappa shape index (κ3) is 3.22. The van der Waals surface area contributed by atoms with Crippen molar-refractivity contribution in [3.63, 3.8) is 0 Å². The number of nitrogens with zero attached hydrogens (tertiary/aromatic N) is 1. The zero-order chi connectivity index (χ0) is 19.0. The number of hydrogen-bond acceptors (Lipinski definition) is 5. The van der Waals surface area contributed by atoms with E-state index in [1.165, 1.54) is 23.0 Å². The predicted octanol–water partition coefficient (Wildman–Crippen LogP) is 4.71. The molecule has 0 amide bonds. The highest BCUT2D eigenvalue weighted by molar-refractivity contribution is 8.00. The molecule has 0 fully saturated rings. The Kier molecular flexibility index (Phi) is 5.32. The second-order valence-corrected chi connectivity index (χ2v) is 8.20. The number of methoxy groups -OCH3 is 1. The van der Waals surface area contributed by atoms with Gasteiger partial charge in [0.2, 0.25) is 0 Å². The molecule has 26 heavy (non-hydrogen) atoms. The first-order chi connectivity index (χ1) is 12.4. The van der Waals surface area contributed by atoms with Crippen molar-refractivity contribution < 1.29 is 19.4 Å². The molecule has 0 atom stereocenters. The van der Waals surface area contributed by atoms with Gasteiger partial charge in [-0.3, -0.25) is 14.2 Å². The van der Waals surface area contributed by atoms with Gasteiger partial charge < -0.3 is 9.84 Å². The second-order valence-electron chi connectivity index (χ2n) is 5.60. The molecule has 0 saturated heterocycles. The summed E-state index contributed by atoms with van der Waals surface area (Å²) in [4.78, 5) is 25.0. The van der Waals surface area contributed by atoms with E-state index in [9.17, 15) is 14.7 Å². The van der Waals surface area contributed by atoms with Crippen molar-refractivity contribution in [2.75, 3.05) is 13.4 Å². The molecule has 2 heterocycles. The zero-order valence-corrected chi connectivity index (χ0v) is 16.7. The highest BCUT2D eigenvalue weighted by Gasteiger charge is 2.23. The van der Waals surface area contributed by atoms with Crippen molar-refractivity contribution in [3.8, 4) is 5.75 Å². The number of benzene rings is 1. The summed E-state index contributed by atoms with van der Waals surface area (Å²) in [5.74, 6) is -0.721. The summed E-state index contributed by atoms with van der Waals surface area (Å²) in [5, 5.41) is 10.3. The van der Waals surface area contributed by atoms with Gasteiger partial charge in [-0.1, -0.05) is 11.6 Å². The number of carboxylic acids is 1. The lowest BCUT2D eigenvalue weighted by Crippen LogP contribution is -2.12. The van der Waals surface area contributed by atoms with Crippen LogP contribution in [-0.4, -0.2) is 34.9 Å². The quantitative estimate of drug-likeness (QED) is 0.618. The number of thiophene rings is 1. The van der Waals surface area contributed by atoms with Gasteiger partial charge in [0, 0.05) is 11.1 Å². The number of carbonyl (C=O) groups is 2. The molecule has 0 aliphatic rings. The van der Waals surface area contributed by atoms with E-state index >= 15 is 0 Å². The van der Waals surface area contributed by atoms with Gasteiger partial charge in [0.15, 0.2) is 0 Å². The molecule has 5 nitrogen and oxygen atoms in total. The van der Waals surface area contributed by atoms with Gasteiger partial charge in [-0.05, 0) is 43.0 Å². The van der Waals surface area contributed by atoms with Gasteiger partial charge in [-0.2, -0.15) is 0 Å². The van der Waals surface area contributed by atoms with Gasteiger partial charge in [0.05, 0.1) is 33.2 Å². The molecule has 8 heteroatoms. The molecule has 0 radical (unpaired) electrons. The van der Waals surface area contributed by atoms with Crippen molar-refractivity contribution in [2.45, 2.75) is 17.6 Å². The first-order valence-electron chi connectivity index (χ1n) is 7.65. The van der Waals surface area contributed by atoms with Crippen LogP contribution in [0.3, 0.4) is 0 Å². The van der Waals surface area contributed by atoms with Crippen molar-refractivity contribution >= 4 is 57.5 Å². The van der Waals surface area contributed by atoms with Gasteiger partial charge in [-0.15, -0.1) is 23.1 Å². The highest BCUT2D eigenvalue weighted by Crippen LogP contribution is 2.36. The lowest BCUT2D eigenvalue weighted by Gasteiger charge is -2.07. The summed E-state index contributed by atoms with van der Waals surface area (Å²) in [6.45, 7) is 1.75. The lowest BCUT2D eigenvalue weighted by atomic mass is 10.1. The first-order valence-corrected chi connectivity index (χ1v) is 10.1. The van der Waals surface area contributed by atoms with Crippen LogP contribution in [0.2, 0.25) is 5.02 Å². The van der Waals surface area contributed by atoms with E-state index in [1.807, 2.05) is 12.3 Å². The minimum absolute atomic E-state index is 0.187. The van der Waals surface area contributed by atoms with E-state index < -0.39 is 5.97 Å². The van der Waals surface area contributed by atoms with E-state index in [2.05, 4.69) is 0 Å². The number of fused-ring (bicyclic) bond motifs is 1. The van der Waals surface area contributed by atoms with Gasteiger partial charge in [0.25, 0.3) is 5.91 Å². The Morgan fingerprint density at radius 3 is 2.65 bits per heavy atom. The van der Waals surface area contributed by atoms with Crippen LogP contribution in [0.4, 0.5) is 0 Å². The van der Waals surface area contributed by atoms with Crippen LogP contribution in [-0.2, 0) is 11.2 Å². The molecule has 3 aromatic rings. The van der Waals surface area contributed by atoms with Crippen molar-refractivity contribution in [1.29, 1.82) is 0 Å². The molecular weight excluding hydrogens is 394 g/mol. The number of aliphatic carboxylic acids is 1. The fourth-order valence-corrected chi connectivity index (χ4v) is 4.64. The minimum Gasteiger partial charge on any atom is -0.495 e. The fourth-order valence-electron chi connectivity index (χ4n) is 2.93. The normalized spacial score (nSPS) is 11.1. The minimum atomic E-state index is -0.964. The lowest BCUT2D eigenvalue weighted by molar-refractivity contribution is -0.136. The number of hydrogen-bond donors (Lipinski definition) is 1. The second kappa shape index (κ2) is 7.34. The smallest absolute Gasteiger partial charge is 0.307 e. The Bertz CT molecular complexity index is 1020. The molecule has 0 unspecified atom stereocenters. The number of carboxylic acid groups (broad SMARTS) is 1. The average molecular weight is 410 g/mol. The number of thioether (sulfide) groups is 1. The predicted molar refractivity (Wildman–Crippen MR) is 105 cm³/mol. The molecule has 1 N–H and O–H groups in total. The number of halogens is 1.